The molecule has 248 valence electrons. The zero-order valence-corrected chi connectivity index (χ0v) is 31.5. The van der Waals surface area contributed by atoms with Crippen molar-refractivity contribution >= 4 is 120 Å². The highest BCUT2D eigenvalue weighted by Gasteiger charge is 2.44. The molecule has 5 heteroatoms. The van der Waals surface area contributed by atoms with Crippen molar-refractivity contribution in [2.75, 3.05) is 9.80 Å². The van der Waals surface area contributed by atoms with Crippen molar-refractivity contribution in [2.45, 2.75) is 34.6 Å². The molecular weight excluding hydrogens is 667 g/mol. The fourth-order valence-electron chi connectivity index (χ4n) is 8.84. The number of aryl methyl sites for hydroxylation is 5. The average Bonchev–Trinajstić information content (AvgIpc) is 3.67. The molecule has 0 bridgehead atoms. The molecule has 2 aromatic heterocycles. The van der Waals surface area contributed by atoms with Crippen LogP contribution in [0.15, 0.2) is 121 Å². The monoisotopic (exact) mass is 702 g/mol. The van der Waals surface area contributed by atoms with Gasteiger partial charge in [-0.25, -0.2) is 0 Å². The molecule has 4 heterocycles. The van der Waals surface area contributed by atoms with Crippen LogP contribution in [0.1, 0.15) is 27.8 Å². The summed E-state index contributed by atoms with van der Waals surface area (Å²) in [4.78, 5) is 5.10. The normalized spacial score (nSPS) is 13.4. The Morgan fingerprint density at radius 2 is 0.769 bits per heavy atom. The average molecular weight is 703 g/mol. The summed E-state index contributed by atoms with van der Waals surface area (Å²) in [6, 6.07) is 46.9. The summed E-state index contributed by atoms with van der Waals surface area (Å²) in [7, 11) is 0. The molecule has 52 heavy (non-hydrogen) atoms. The van der Waals surface area contributed by atoms with E-state index in [1.807, 2.05) is 22.7 Å². The second-order valence-corrected chi connectivity index (χ2v) is 17.2. The highest BCUT2D eigenvalue weighted by atomic mass is 32.1. The number of hydrogen-bond donors (Lipinski definition) is 0. The van der Waals surface area contributed by atoms with E-state index >= 15 is 0 Å². The van der Waals surface area contributed by atoms with Crippen LogP contribution in [0.4, 0.5) is 34.1 Å². The van der Waals surface area contributed by atoms with E-state index in [-0.39, 0.29) is 6.71 Å². The SMILES string of the molecule is Cc1ccc(N2c3cc4c(cc3B3c5cc6sc7ccc(C)cc7c6cc5N(c5ccc(C)cc5)c5cc(C)cc2c53)sc2ccc(C)cc24)cc1. The van der Waals surface area contributed by atoms with E-state index in [0.717, 1.165) is 0 Å². The lowest BCUT2D eigenvalue weighted by molar-refractivity contribution is 1.24. The molecule has 0 atom stereocenters. The minimum Gasteiger partial charge on any atom is -0.311 e. The Morgan fingerprint density at radius 1 is 0.365 bits per heavy atom. The molecule has 2 nitrogen and oxygen atoms in total. The maximum atomic E-state index is 2.55. The van der Waals surface area contributed by atoms with E-state index < -0.39 is 0 Å². The maximum Gasteiger partial charge on any atom is 0.252 e. The predicted octanol–water partition coefficient (Wildman–Crippen LogP) is 12.0. The van der Waals surface area contributed by atoms with Crippen LogP contribution in [0.5, 0.6) is 0 Å². The largest absolute Gasteiger partial charge is 0.311 e. The van der Waals surface area contributed by atoms with Gasteiger partial charge in [0.05, 0.1) is 0 Å². The van der Waals surface area contributed by atoms with Gasteiger partial charge in [0.25, 0.3) is 6.71 Å². The van der Waals surface area contributed by atoms with Gasteiger partial charge in [-0.2, -0.15) is 0 Å². The Bertz CT molecular complexity index is 2770. The van der Waals surface area contributed by atoms with Crippen LogP contribution in [-0.2, 0) is 0 Å². The lowest BCUT2D eigenvalue weighted by atomic mass is 9.33. The fraction of sp³-hybridized carbons (Fsp3) is 0.106. The van der Waals surface area contributed by atoms with E-state index in [4.69, 9.17) is 0 Å². The van der Waals surface area contributed by atoms with E-state index in [1.165, 1.54) is 119 Å². The first-order valence-electron chi connectivity index (χ1n) is 18.1. The number of rotatable bonds is 2. The fourth-order valence-corrected chi connectivity index (χ4v) is 11.1. The highest BCUT2D eigenvalue weighted by Crippen LogP contribution is 2.48. The first-order valence-corrected chi connectivity index (χ1v) is 19.7. The molecule has 0 unspecified atom stereocenters. The van der Waals surface area contributed by atoms with E-state index in [2.05, 4.69) is 166 Å². The molecule has 11 rings (SSSR count). The number of hydrogen-bond acceptors (Lipinski definition) is 4. The third-order valence-electron chi connectivity index (χ3n) is 11.3. The Morgan fingerprint density at radius 3 is 1.21 bits per heavy atom. The highest BCUT2D eigenvalue weighted by molar-refractivity contribution is 7.26. The van der Waals surface area contributed by atoms with Gasteiger partial charge < -0.3 is 9.80 Å². The standard InChI is InChI=1S/C47H35BN2S2/c1-26-6-12-31(13-7-26)49-39-22-35-33-18-28(3)10-16-43(33)51-45(35)24-37(39)48-38-25-46-36(34-19-29(4)11-17-44(34)52-46)23-40(38)50(32-14-8-27(2)9-15-32)42-21-30(5)20-41(49)47(42)48/h6-25H,1-5H3. The lowest BCUT2D eigenvalue weighted by Crippen LogP contribution is -2.61. The molecule has 0 fully saturated rings. The molecule has 9 aromatic rings. The summed E-state index contributed by atoms with van der Waals surface area (Å²) in [6.07, 6.45) is 0. The molecule has 0 saturated carbocycles. The van der Waals surface area contributed by atoms with Crippen molar-refractivity contribution in [3.63, 3.8) is 0 Å². The number of fused-ring (bicyclic) bond motifs is 10. The van der Waals surface area contributed by atoms with Crippen molar-refractivity contribution in [1.82, 2.24) is 0 Å². The van der Waals surface area contributed by atoms with Gasteiger partial charge in [0.2, 0.25) is 0 Å². The van der Waals surface area contributed by atoms with Crippen molar-refractivity contribution in [3.05, 3.63) is 149 Å². The van der Waals surface area contributed by atoms with Gasteiger partial charge in [0.1, 0.15) is 0 Å². The Balaban J connectivity index is 1.29. The second-order valence-electron chi connectivity index (χ2n) is 15.0. The van der Waals surface area contributed by atoms with E-state index in [9.17, 15) is 0 Å². The molecule has 0 aliphatic carbocycles. The van der Waals surface area contributed by atoms with Gasteiger partial charge in [0.15, 0.2) is 0 Å². The smallest absolute Gasteiger partial charge is 0.252 e. The van der Waals surface area contributed by atoms with Crippen molar-refractivity contribution in [1.29, 1.82) is 0 Å². The van der Waals surface area contributed by atoms with Gasteiger partial charge in [-0.3, -0.25) is 0 Å². The first-order chi connectivity index (χ1) is 25.3. The zero-order chi connectivity index (χ0) is 35.0. The Hall–Kier alpha value is -5.36. The van der Waals surface area contributed by atoms with Crippen molar-refractivity contribution in [2.24, 2.45) is 0 Å². The maximum absolute atomic E-state index is 2.55. The first kappa shape index (κ1) is 30.3. The quantitative estimate of drug-likeness (QED) is 0.166. The van der Waals surface area contributed by atoms with Crippen LogP contribution in [0.25, 0.3) is 40.3 Å². The lowest BCUT2D eigenvalue weighted by Gasteiger charge is -2.44. The van der Waals surface area contributed by atoms with Gasteiger partial charge in [-0.15, -0.1) is 22.7 Å². The third-order valence-corrected chi connectivity index (χ3v) is 13.6. The van der Waals surface area contributed by atoms with Gasteiger partial charge in [-0.05, 0) is 141 Å². The van der Waals surface area contributed by atoms with Gasteiger partial charge in [-0.1, -0.05) is 58.7 Å². The van der Waals surface area contributed by atoms with E-state index in [1.54, 1.807) is 0 Å². The summed E-state index contributed by atoms with van der Waals surface area (Å²) in [6.45, 7) is 11.1. The van der Waals surface area contributed by atoms with Crippen LogP contribution >= 0.6 is 22.7 Å². The Labute approximate surface area is 312 Å². The van der Waals surface area contributed by atoms with Crippen molar-refractivity contribution < 1.29 is 0 Å². The molecule has 2 aliphatic rings. The minimum absolute atomic E-state index is 0.0756. The number of nitrogens with zero attached hydrogens (tertiary/aromatic N) is 2. The number of thiophene rings is 2. The topological polar surface area (TPSA) is 6.48 Å². The molecule has 7 aromatic carbocycles. The Kier molecular flexibility index (Phi) is 6.31. The van der Waals surface area contributed by atoms with Crippen molar-refractivity contribution in [3.8, 4) is 0 Å². The second kappa shape index (κ2) is 10.8. The summed E-state index contributed by atoms with van der Waals surface area (Å²) in [5, 5.41) is 5.37. The summed E-state index contributed by atoms with van der Waals surface area (Å²) >= 11 is 3.84. The number of benzene rings is 7. The molecule has 2 aliphatic heterocycles. The zero-order valence-electron chi connectivity index (χ0n) is 29.8. The summed E-state index contributed by atoms with van der Waals surface area (Å²) in [5.74, 6) is 0. The van der Waals surface area contributed by atoms with Crippen LogP contribution < -0.4 is 26.2 Å². The summed E-state index contributed by atoms with van der Waals surface area (Å²) < 4.78 is 5.38. The molecule has 0 N–H and O–H groups in total. The molecule has 0 amide bonds. The van der Waals surface area contributed by atoms with E-state index in [0.29, 0.717) is 0 Å². The van der Waals surface area contributed by atoms with Gasteiger partial charge >= 0.3 is 0 Å². The molecular formula is C47H35BN2S2. The molecule has 0 radical (unpaired) electrons. The summed E-state index contributed by atoms with van der Waals surface area (Å²) in [5.41, 5.74) is 17.9. The van der Waals surface area contributed by atoms with Crippen LogP contribution in [0.2, 0.25) is 0 Å². The van der Waals surface area contributed by atoms with Gasteiger partial charge in [0, 0.05) is 74.5 Å². The molecule has 0 spiro atoms. The van der Waals surface area contributed by atoms with Crippen LogP contribution in [-0.4, -0.2) is 6.71 Å². The molecule has 0 saturated heterocycles. The third kappa shape index (κ3) is 4.30. The predicted molar refractivity (Wildman–Crippen MR) is 230 cm³/mol. The van der Waals surface area contributed by atoms with Crippen LogP contribution in [0.3, 0.4) is 0 Å². The van der Waals surface area contributed by atoms with Crippen LogP contribution in [0, 0.1) is 34.6 Å². The minimum atomic E-state index is 0.0756. The number of anilines is 6.